The molecule has 5 nitrogen and oxygen atoms in total. The lowest BCUT2D eigenvalue weighted by Gasteiger charge is -2.01. The smallest absolute Gasteiger partial charge is 0.323 e. The van der Waals surface area contributed by atoms with Crippen molar-refractivity contribution in [2.45, 2.75) is 0 Å². The van der Waals surface area contributed by atoms with E-state index in [0.29, 0.717) is 11.0 Å². The van der Waals surface area contributed by atoms with Gasteiger partial charge in [-0.15, -0.1) is 0 Å². The maximum Gasteiger partial charge on any atom is 0.323 e. The van der Waals surface area contributed by atoms with E-state index in [0.717, 1.165) is 6.07 Å². The monoisotopic (exact) mass is 209 g/mol. The Morgan fingerprint density at radius 3 is 2.53 bits per heavy atom. The first kappa shape index (κ1) is 9.45. The van der Waals surface area contributed by atoms with Crippen molar-refractivity contribution in [3.8, 4) is 0 Å². The molecule has 0 aliphatic heterocycles. The van der Waals surface area contributed by atoms with Crippen LogP contribution in [0.3, 0.4) is 0 Å². The predicted octanol–water partition coefficient (Wildman–Crippen LogP) is 0.355. The molecule has 0 bridgehead atoms. The van der Waals surface area contributed by atoms with Crippen LogP contribution in [0.1, 0.15) is 10.4 Å². The number of carbonyl (C=O) groups excluding carboxylic acids is 1. The summed E-state index contributed by atoms with van der Waals surface area (Å²) in [6.45, 7) is 0. The number of halogens is 1. The van der Waals surface area contributed by atoms with Gasteiger partial charge in [-0.3, -0.25) is 4.79 Å². The van der Waals surface area contributed by atoms with E-state index in [9.17, 15) is 14.0 Å². The van der Waals surface area contributed by atoms with Crippen LogP contribution in [0.25, 0.3) is 11.0 Å². The molecule has 2 aromatic rings. The minimum atomic E-state index is -0.669. The van der Waals surface area contributed by atoms with E-state index in [-0.39, 0.29) is 5.56 Å². The second-order valence-electron chi connectivity index (χ2n) is 3.04. The molecule has 15 heavy (non-hydrogen) atoms. The number of amides is 1. The van der Waals surface area contributed by atoms with Crippen molar-refractivity contribution < 1.29 is 9.18 Å². The van der Waals surface area contributed by atoms with Crippen molar-refractivity contribution in [2.24, 2.45) is 0 Å². The van der Waals surface area contributed by atoms with Crippen LogP contribution in [-0.4, -0.2) is 22.9 Å². The van der Waals surface area contributed by atoms with E-state index >= 15 is 0 Å². The van der Waals surface area contributed by atoms with E-state index in [4.69, 9.17) is 0 Å². The first-order chi connectivity index (χ1) is 7.11. The molecule has 78 valence electrons. The quantitative estimate of drug-likeness (QED) is 0.633. The minimum Gasteiger partial charge on any atom is -0.355 e. The van der Waals surface area contributed by atoms with Crippen LogP contribution in [0.4, 0.5) is 4.39 Å². The number of aromatic amines is 2. The number of hydrogen-bond acceptors (Lipinski definition) is 2. The number of carbonyl (C=O) groups is 1. The average Bonchev–Trinajstić information content (AvgIpc) is 2.55. The molecule has 0 saturated carbocycles. The molecular weight excluding hydrogens is 201 g/mol. The molecule has 0 aliphatic carbocycles. The van der Waals surface area contributed by atoms with Crippen LogP contribution in [0.15, 0.2) is 16.9 Å². The summed E-state index contributed by atoms with van der Waals surface area (Å²) in [5.41, 5.74) is 0.212. The number of nitrogens with one attached hydrogen (secondary N) is 3. The third-order valence-electron chi connectivity index (χ3n) is 2.08. The van der Waals surface area contributed by atoms with Crippen LogP contribution >= 0.6 is 0 Å². The van der Waals surface area contributed by atoms with Crippen molar-refractivity contribution in [3.05, 3.63) is 34.0 Å². The van der Waals surface area contributed by atoms with Gasteiger partial charge in [0, 0.05) is 13.1 Å². The van der Waals surface area contributed by atoms with E-state index < -0.39 is 17.4 Å². The number of fused-ring (bicyclic) bond motifs is 1. The Morgan fingerprint density at radius 1 is 1.33 bits per heavy atom. The van der Waals surface area contributed by atoms with Gasteiger partial charge in [0.25, 0.3) is 5.91 Å². The zero-order valence-corrected chi connectivity index (χ0v) is 7.85. The number of H-pyrrole nitrogens is 2. The molecule has 0 fully saturated rings. The molecule has 1 heterocycles. The summed E-state index contributed by atoms with van der Waals surface area (Å²) in [7, 11) is 1.41. The van der Waals surface area contributed by atoms with Crippen molar-refractivity contribution in [1.82, 2.24) is 15.3 Å². The Balaban J connectivity index is 2.71. The Morgan fingerprint density at radius 2 is 1.93 bits per heavy atom. The SMILES string of the molecule is CNC(=O)c1cc2[nH]c(=O)[nH]c2cc1F. The Labute approximate surface area is 83.3 Å². The van der Waals surface area contributed by atoms with Gasteiger partial charge in [0.2, 0.25) is 0 Å². The highest BCUT2D eigenvalue weighted by molar-refractivity contribution is 5.97. The normalized spacial score (nSPS) is 10.5. The minimum absolute atomic E-state index is 0.0970. The molecule has 6 heteroatoms. The van der Waals surface area contributed by atoms with Crippen molar-refractivity contribution in [1.29, 1.82) is 0 Å². The molecule has 1 aromatic carbocycles. The van der Waals surface area contributed by atoms with Gasteiger partial charge >= 0.3 is 5.69 Å². The zero-order valence-electron chi connectivity index (χ0n) is 7.85. The third kappa shape index (κ3) is 1.50. The van der Waals surface area contributed by atoms with Gasteiger partial charge in [-0.2, -0.15) is 0 Å². The third-order valence-corrected chi connectivity index (χ3v) is 2.08. The summed E-state index contributed by atoms with van der Waals surface area (Å²) in [5.74, 6) is -1.20. The predicted molar refractivity (Wildman–Crippen MR) is 52.3 cm³/mol. The molecule has 2 rings (SSSR count). The number of aromatic nitrogens is 2. The molecule has 0 radical (unpaired) electrons. The fourth-order valence-corrected chi connectivity index (χ4v) is 1.36. The average molecular weight is 209 g/mol. The van der Waals surface area contributed by atoms with Crippen LogP contribution in [-0.2, 0) is 0 Å². The van der Waals surface area contributed by atoms with E-state index in [2.05, 4.69) is 15.3 Å². The summed E-state index contributed by atoms with van der Waals surface area (Å²) < 4.78 is 13.4. The van der Waals surface area contributed by atoms with Gasteiger partial charge in [0.1, 0.15) is 5.82 Å². The van der Waals surface area contributed by atoms with Gasteiger partial charge in [0.05, 0.1) is 16.6 Å². The summed E-state index contributed by atoms with van der Waals surface area (Å²) in [5, 5.41) is 2.31. The van der Waals surface area contributed by atoms with Gasteiger partial charge in [-0.1, -0.05) is 0 Å². The Bertz CT molecular complexity index is 585. The van der Waals surface area contributed by atoms with Gasteiger partial charge in [-0.05, 0) is 6.07 Å². The maximum absolute atomic E-state index is 13.4. The van der Waals surface area contributed by atoms with Crippen molar-refractivity contribution in [3.63, 3.8) is 0 Å². The maximum atomic E-state index is 13.4. The molecule has 0 saturated heterocycles. The number of imidazole rings is 1. The summed E-state index contributed by atoms with van der Waals surface area (Å²) in [6, 6.07) is 2.40. The topological polar surface area (TPSA) is 77.8 Å². The molecule has 1 aromatic heterocycles. The first-order valence-corrected chi connectivity index (χ1v) is 4.25. The van der Waals surface area contributed by atoms with Crippen molar-refractivity contribution in [2.75, 3.05) is 7.05 Å². The lowest BCUT2D eigenvalue weighted by atomic mass is 10.2. The first-order valence-electron chi connectivity index (χ1n) is 4.25. The lowest BCUT2D eigenvalue weighted by Crippen LogP contribution is -2.19. The molecule has 3 N–H and O–H groups in total. The fourth-order valence-electron chi connectivity index (χ4n) is 1.36. The molecular formula is C9H8FN3O2. The molecule has 0 unspecified atom stereocenters. The molecule has 0 aliphatic rings. The fraction of sp³-hybridized carbons (Fsp3) is 0.111. The largest absolute Gasteiger partial charge is 0.355 e. The Hall–Kier alpha value is -2.11. The standard InChI is InChI=1S/C9H8FN3O2/c1-11-8(14)4-2-6-7(3-5(4)10)13-9(15)12-6/h2-3H,1H3,(H,11,14)(H2,12,13,15). The van der Waals surface area contributed by atoms with E-state index in [1.807, 2.05) is 0 Å². The summed E-state index contributed by atoms with van der Waals surface area (Å²) in [4.78, 5) is 27.0. The van der Waals surface area contributed by atoms with Crippen LogP contribution in [0.2, 0.25) is 0 Å². The van der Waals surface area contributed by atoms with Gasteiger partial charge in [0.15, 0.2) is 0 Å². The second-order valence-corrected chi connectivity index (χ2v) is 3.04. The Kier molecular flexibility index (Phi) is 2.03. The van der Waals surface area contributed by atoms with Gasteiger partial charge in [-0.25, -0.2) is 9.18 Å². The summed E-state index contributed by atoms with van der Waals surface area (Å²) >= 11 is 0. The lowest BCUT2D eigenvalue weighted by molar-refractivity contribution is 0.0959. The van der Waals surface area contributed by atoms with E-state index in [1.54, 1.807) is 0 Å². The van der Waals surface area contributed by atoms with E-state index in [1.165, 1.54) is 13.1 Å². The zero-order chi connectivity index (χ0) is 11.0. The van der Waals surface area contributed by atoms with Crippen LogP contribution in [0.5, 0.6) is 0 Å². The highest BCUT2D eigenvalue weighted by Gasteiger charge is 2.12. The van der Waals surface area contributed by atoms with Crippen LogP contribution in [0, 0.1) is 5.82 Å². The number of benzene rings is 1. The highest BCUT2D eigenvalue weighted by atomic mass is 19.1. The van der Waals surface area contributed by atoms with Crippen LogP contribution < -0.4 is 11.0 Å². The molecule has 0 atom stereocenters. The number of hydrogen-bond donors (Lipinski definition) is 3. The second kappa shape index (κ2) is 3.23. The van der Waals surface area contributed by atoms with Gasteiger partial charge < -0.3 is 15.3 Å². The highest BCUT2D eigenvalue weighted by Crippen LogP contribution is 2.14. The number of rotatable bonds is 1. The molecule has 0 spiro atoms. The summed E-state index contributed by atoms with van der Waals surface area (Å²) in [6.07, 6.45) is 0. The van der Waals surface area contributed by atoms with Crippen molar-refractivity contribution >= 4 is 16.9 Å². The molecule has 1 amide bonds.